The summed E-state index contributed by atoms with van der Waals surface area (Å²) in [5.74, 6) is 1.87. The van der Waals surface area contributed by atoms with Gasteiger partial charge in [0, 0.05) is 5.56 Å². The number of benzene rings is 1. The summed E-state index contributed by atoms with van der Waals surface area (Å²) in [6.07, 6.45) is 12.8. The third kappa shape index (κ3) is 7.65. The van der Waals surface area contributed by atoms with Crippen LogP contribution in [-0.2, 0) is 6.42 Å². The molecule has 0 fully saturated rings. The number of hydrogen-bond donors (Lipinski definition) is 2. The molecule has 0 radical (unpaired) electrons. The Labute approximate surface area is 202 Å². The monoisotopic (exact) mass is 460 g/mol. The van der Waals surface area contributed by atoms with Gasteiger partial charge in [-0.05, 0) is 75.3 Å². The van der Waals surface area contributed by atoms with Crippen molar-refractivity contribution in [3.05, 3.63) is 22.3 Å². The highest BCUT2D eigenvalue weighted by molar-refractivity contribution is 5.94. The lowest BCUT2D eigenvalue weighted by Crippen LogP contribution is -2.37. The number of hydrogen-bond acceptors (Lipinski definition) is 3. The summed E-state index contributed by atoms with van der Waals surface area (Å²) >= 11 is 0. The van der Waals surface area contributed by atoms with Crippen molar-refractivity contribution >= 4 is 5.97 Å². The van der Waals surface area contributed by atoms with Crippen LogP contribution in [0.3, 0.4) is 0 Å². The third-order valence-corrected chi connectivity index (χ3v) is 7.81. The summed E-state index contributed by atoms with van der Waals surface area (Å²) < 4.78 is 6.45. The van der Waals surface area contributed by atoms with Crippen LogP contribution in [0, 0.1) is 31.6 Å². The Morgan fingerprint density at radius 1 is 0.939 bits per heavy atom. The smallest absolute Gasteiger partial charge is 0.339 e. The second kappa shape index (κ2) is 12.1. The Hall–Kier alpha value is -1.71. The van der Waals surface area contributed by atoms with Gasteiger partial charge in [-0.3, -0.25) is 0 Å². The van der Waals surface area contributed by atoms with E-state index in [4.69, 9.17) is 4.74 Å². The van der Waals surface area contributed by atoms with Gasteiger partial charge in [0.2, 0.25) is 0 Å². The number of phenols is 1. The van der Waals surface area contributed by atoms with Crippen LogP contribution < -0.4 is 4.74 Å². The first kappa shape index (κ1) is 27.5. The molecule has 1 heterocycles. The normalized spacial score (nSPS) is 19.8. The number of aromatic carboxylic acids is 1. The molecule has 0 aliphatic carbocycles. The second-order valence-corrected chi connectivity index (χ2v) is 11.5. The number of rotatable bonds is 13. The second-order valence-electron chi connectivity index (χ2n) is 11.5. The average Bonchev–Trinajstić information content (AvgIpc) is 2.72. The summed E-state index contributed by atoms with van der Waals surface area (Å²) in [7, 11) is 0. The Kier molecular flexibility index (Phi) is 10.1. The molecule has 1 aromatic carbocycles. The summed E-state index contributed by atoms with van der Waals surface area (Å²) in [6, 6.07) is 0. The summed E-state index contributed by atoms with van der Waals surface area (Å²) in [4.78, 5) is 11.8. The van der Waals surface area contributed by atoms with Crippen molar-refractivity contribution in [1.29, 1.82) is 0 Å². The van der Waals surface area contributed by atoms with E-state index in [1.807, 2.05) is 6.92 Å². The molecule has 4 nitrogen and oxygen atoms in total. The first-order chi connectivity index (χ1) is 15.4. The maximum atomic E-state index is 11.8. The van der Waals surface area contributed by atoms with Crippen molar-refractivity contribution in [1.82, 2.24) is 0 Å². The van der Waals surface area contributed by atoms with Crippen molar-refractivity contribution < 1.29 is 19.7 Å². The van der Waals surface area contributed by atoms with E-state index in [0.29, 0.717) is 23.3 Å². The summed E-state index contributed by atoms with van der Waals surface area (Å²) in [5, 5.41) is 20.0. The average molecular weight is 461 g/mol. The van der Waals surface area contributed by atoms with Gasteiger partial charge in [-0.2, -0.15) is 0 Å². The van der Waals surface area contributed by atoms with Crippen LogP contribution in [-0.4, -0.2) is 21.8 Å². The van der Waals surface area contributed by atoms with Crippen LogP contribution in [0.25, 0.3) is 0 Å². The van der Waals surface area contributed by atoms with Gasteiger partial charge in [-0.25, -0.2) is 4.79 Å². The van der Waals surface area contributed by atoms with Crippen LogP contribution >= 0.6 is 0 Å². The number of fused-ring (bicyclic) bond motifs is 1. The lowest BCUT2D eigenvalue weighted by molar-refractivity contribution is 0.0495. The predicted octanol–water partition coefficient (Wildman–Crippen LogP) is 8.23. The minimum atomic E-state index is -1.08. The standard InChI is InChI=1S/C29H48O4/c1-19(2)11-8-12-20(3)13-9-14-21(4)15-10-17-29(7)18-16-24-25(28(31)32)26(30)22(5)23(6)27(24)33-29/h19-21,30H,8-18H2,1-7H3,(H,31,32)/t20-,21-,29-/m1/s1. The van der Waals surface area contributed by atoms with Crippen LogP contribution in [0.15, 0.2) is 0 Å². The summed E-state index contributed by atoms with van der Waals surface area (Å²) in [6.45, 7) is 15.2. The summed E-state index contributed by atoms with van der Waals surface area (Å²) in [5.41, 5.74) is 1.84. The predicted molar refractivity (Wildman–Crippen MR) is 137 cm³/mol. The van der Waals surface area contributed by atoms with Gasteiger partial charge >= 0.3 is 5.97 Å². The Bertz CT molecular complexity index is 798. The molecule has 3 atom stereocenters. The Morgan fingerprint density at radius 3 is 2.03 bits per heavy atom. The molecule has 0 spiro atoms. The zero-order valence-electron chi connectivity index (χ0n) is 22.2. The van der Waals surface area contributed by atoms with Crippen molar-refractivity contribution in [2.45, 2.75) is 125 Å². The van der Waals surface area contributed by atoms with Crippen molar-refractivity contribution in [2.75, 3.05) is 0 Å². The van der Waals surface area contributed by atoms with E-state index in [2.05, 4.69) is 34.6 Å². The van der Waals surface area contributed by atoms with E-state index >= 15 is 0 Å². The van der Waals surface area contributed by atoms with Crippen LogP contribution in [0.2, 0.25) is 0 Å². The first-order valence-corrected chi connectivity index (χ1v) is 13.2. The maximum Gasteiger partial charge on any atom is 0.339 e. The molecular weight excluding hydrogens is 412 g/mol. The molecule has 2 N–H and O–H groups in total. The van der Waals surface area contributed by atoms with Gasteiger partial charge < -0.3 is 14.9 Å². The van der Waals surface area contributed by atoms with Gasteiger partial charge in [0.15, 0.2) is 0 Å². The quantitative estimate of drug-likeness (QED) is 0.311. The number of aromatic hydroxyl groups is 1. The fraction of sp³-hybridized carbons (Fsp3) is 0.759. The van der Waals surface area contributed by atoms with Crippen LogP contribution in [0.5, 0.6) is 11.5 Å². The fourth-order valence-electron chi connectivity index (χ4n) is 5.29. The maximum absolute atomic E-state index is 11.8. The lowest BCUT2D eigenvalue weighted by atomic mass is 9.83. The van der Waals surface area contributed by atoms with Crippen LogP contribution in [0.4, 0.5) is 0 Å². The first-order valence-electron chi connectivity index (χ1n) is 13.2. The van der Waals surface area contributed by atoms with Gasteiger partial charge in [-0.15, -0.1) is 0 Å². The molecule has 4 heteroatoms. The topological polar surface area (TPSA) is 66.8 Å². The SMILES string of the molecule is Cc1c(C)c2c(c(C(=O)O)c1O)CC[C@@](C)(CCC[C@H](C)CCC[C@H](C)CCCC(C)C)O2. The number of carboxylic acids is 1. The minimum Gasteiger partial charge on any atom is -0.507 e. The molecular formula is C29H48O4. The van der Waals surface area contributed by atoms with Gasteiger partial charge in [0.1, 0.15) is 22.7 Å². The molecule has 188 valence electrons. The number of ether oxygens (including phenoxy) is 1. The van der Waals surface area contributed by atoms with Gasteiger partial charge in [0.05, 0.1) is 0 Å². The highest BCUT2D eigenvalue weighted by atomic mass is 16.5. The molecule has 0 saturated carbocycles. The van der Waals surface area contributed by atoms with Crippen molar-refractivity contribution in [3.63, 3.8) is 0 Å². The molecule has 2 rings (SSSR count). The molecule has 0 bridgehead atoms. The number of carboxylic acid groups (broad SMARTS) is 1. The van der Waals surface area contributed by atoms with E-state index in [1.54, 1.807) is 6.92 Å². The molecule has 1 aromatic rings. The van der Waals surface area contributed by atoms with Gasteiger partial charge in [0.25, 0.3) is 0 Å². The molecule has 1 aliphatic heterocycles. The minimum absolute atomic E-state index is 0.0159. The highest BCUT2D eigenvalue weighted by Crippen LogP contribution is 2.45. The molecule has 0 aromatic heterocycles. The van der Waals surface area contributed by atoms with E-state index in [-0.39, 0.29) is 16.9 Å². The molecule has 0 amide bonds. The van der Waals surface area contributed by atoms with E-state index in [1.165, 1.54) is 44.9 Å². The zero-order chi connectivity index (χ0) is 24.8. The largest absolute Gasteiger partial charge is 0.507 e. The third-order valence-electron chi connectivity index (χ3n) is 7.81. The molecule has 0 unspecified atom stereocenters. The van der Waals surface area contributed by atoms with Crippen molar-refractivity contribution in [3.8, 4) is 11.5 Å². The molecule has 0 saturated heterocycles. The molecule has 1 aliphatic rings. The number of carbonyl (C=O) groups is 1. The Balaban J connectivity index is 1.82. The fourth-order valence-corrected chi connectivity index (χ4v) is 5.29. The zero-order valence-corrected chi connectivity index (χ0v) is 22.2. The van der Waals surface area contributed by atoms with E-state index in [9.17, 15) is 15.0 Å². The van der Waals surface area contributed by atoms with E-state index < -0.39 is 5.97 Å². The molecule has 33 heavy (non-hydrogen) atoms. The van der Waals surface area contributed by atoms with Crippen LogP contribution in [0.1, 0.15) is 126 Å². The van der Waals surface area contributed by atoms with E-state index in [0.717, 1.165) is 42.6 Å². The van der Waals surface area contributed by atoms with Gasteiger partial charge in [-0.1, -0.05) is 72.6 Å². The lowest BCUT2D eigenvalue weighted by Gasteiger charge is -2.38. The highest BCUT2D eigenvalue weighted by Gasteiger charge is 2.36. The Morgan fingerprint density at radius 2 is 1.48 bits per heavy atom. The van der Waals surface area contributed by atoms with Crippen molar-refractivity contribution in [2.24, 2.45) is 17.8 Å².